The van der Waals surface area contributed by atoms with Crippen molar-refractivity contribution in [1.29, 1.82) is 0 Å². The summed E-state index contributed by atoms with van der Waals surface area (Å²) in [6.07, 6.45) is 4.08. The molecule has 1 amide bonds. The third-order valence-electron chi connectivity index (χ3n) is 6.95. The zero-order valence-corrected chi connectivity index (χ0v) is 20.2. The van der Waals surface area contributed by atoms with Crippen LogP contribution in [-0.4, -0.2) is 66.0 Å². The first-order valence-corrected chi connectivity index (χ1v) is 12.2. The van der Waals surface area contributed by atoms with Crippen LogP contribution in [0.1, 0.15) is 31.2 Å². The van der Waals surface area contributed by atoms with E-state index >= 15 is 0 Å². The van der Waals surface area contributed by atoms with Crippen LogP contribution in [0.5, 0.6) is 0 Å². The Morgan fingerprint density at radius 3 is 2.66 bits per heavy atom. The van der Waals surface area contributed by atoms with Crippen molar-refractivity contribution in [3.63, 3.8) is 0 Å². The number of nitrogens with one attached hydrogen (secondary N) is 2. The number of hydrogen-bond donors (Lipinski definition) is 2. The zero-order chi connectivity index (χ0) is 24.5. The molecule has 5 rings (SSSR count). The molecule has 0 saturated carbocycles. The summed E-state index contributed by atoms with van der Waals surface area (Å²) in [5, 5.41) is 1.09. The minimum absolute atomic E-state index is 0.128. The largest absolute Gasteiger partial charge is 0.361 e. The Kier molecular flexibility index (Phi) is 6.29. The van der Waals surface area contributed by atoms with Crippen LogP contribution in [0.25, 0.3) is 22.1 Å². The number of fused-ring (bicyclic) bond motifs is 2. The summed E-state index contributed by atoms with van der Waals surface area (Å²) < 4.78 is 3.34. The maximum atomic E-state index is 12.9. The van der Waals surface area contributed by atoms with Gasteiger partial charge in [-0.1, -0.05) is 31.5 Å². The number of aromatic amines is 2. The Morgan fingerprint density at radius 1 is 1.11 bits per heavy atom. The topological polar surface area (TPSA) is 112 Å². The summed E-state index contributed by atoms with van der Waals surface area (Å²) in [6.45, 7) is 5.87. The Bertz CT molecular complexity index is 1480. The van der Waals surface area contributed by atoms with Crippen molar-refractivity contribution >= 4 is 28.0 Å². The molecule has 0 radical (unpaired) electrons. The molecule has 0 spiro atoms. The van der Waals surface area contributed by atoms with Gasteiger partial charge in [0.05, 0.1) is 13.0 Å². The molecule has 0 atom stereocenters. The molecule has 0 bridgehead atoms. The van der Waals surface area contributed by atoms with E-state index in [1.54, 1.807) is 9.13 Å². The molecule has 1 saturated heterocycles. The summed E-state index contributed by atoms with van der Waals surface area (Å²) in [7, 11) is 1.81. The second-order valence-electron chi connectivity index (χ2n) is 9.22. The SMILES string of the molecule is CCCCn1c(=O)[nH]c(=O)c2c1nc(CN1CCN(C(=O)Cc3c[nH]c4ccccc34)CC1)n2C. The van der Waals surface area contributed by atoms with E-state index in [4.69, 9.17) is 4.98 Å². The molecule has 0 aliphatic carbocycles. The lowest BCUT2D eigenvalue weighted by Crippen LogP contribution is -2.48. The molecular weight excluding hydrogens is 446 g/mol. The Morgan fingerprint density at radius 2 is 1.89 bits per heavy atom. The highest BCUT2D eigenvalue weighted by atomic mass is 16.2. The molecule has 3 aromatic heterocycles. The summed E-state index contributed by atoms with van der Waals surface area (Å²) in [6, 6.07) is 8.02. The molecule has 0 unspecified atom stereocenters. The normalized spacial score (nSPS) is 14.9. The lowest BCUT2D eigenvalue weighted by atomic mass is 10.1. The zero-order valence-electron chi connectivity index (χ0n) is 20.2. The van der Waals surface area contributed by atoms with E-state index in [1.165, 1.54) is 0 Å². The molecule has 1 aromatic carbocycles. The predicted octanol–water partition coefficient (Wildman–Crippen LogP) is 1.59. The van der Waals surface area contributed by atoms with Crippen LogP contribution in [0.2, 0.25) is 0 Å². The van der Waals surface area contributed by atoms with Crippen LogP contribution >= 0.6 is 0 Å². The van der Waals surface area contributed by atoms with Gasteiger partial charge in [0.1, 0.15) is 5.82 Å². The number of H-pyrrole nitrogens is 2. The first kappa shape index (κ1) is 23.1. The molecular formula is C25H31N7O3. The monoisotopic (exact) mass is 477 g/mol. The van der Waals surface area contributed by atoms with E-state index in [1.807, 2.05) is 42.4 Å². The Balaban J connectivity index is 1.26. The average molecular weight is 478 g/mol. The van der Waals surface area contributed by atoms with Gasteiger partial charge in [-0.05, 0) is 18.1 Å². The molecule has 184 valence electrons. The van der Waals surface area contributed by atoms with Crippen molar-refractivity contribution in [2.24, 2.45) is 7.05 Å². The number of benzene rings is 1. The van der Waals surface area contributed by atoms with Gasteiger partial charge in [0.2, 0.25) is 5.91 Å². The summed E-state index contributed by atoms with van der Waals surface area (Å²) in [5.74, 6) is 0.864. The van der Waals surface area contributed by atoms with Gasteiger partial charge in [-0.15, -0.1) is 0 Å². The molecule has 35 heavy (non-hydrogen) atoms. The quantitative estimate of drug-likeness (QED) is 0.420. The number of unbranched alkanes of at least 4 members (excludes halogenated alkanes) is 1. The Hall–Kier alpha value is -3.66. The fourth-order valence-electron chi connectivity index (χ4n) is 4.86. The molecule has 2 N–H and O–H groups in total. The predicted molar refractivity (Wildman–Crippen MR) is 134 cm³/mol. The Labute approximate surface area is 202 Å². The minimum Gasteiger partial charge on any atom is -0.361 e. The third kappa shape index (κ3) is 4.41. The molecule has 10 nitrogen and oxygen atoms in total. The fraction of sp³-hybridized carbons (Fsp3) is 0.440. The van der Waals surface area contributed by atoms with Crippen LogP contribution in [-0.2, 0) is 31.4 Å². The van der Waals surface area contributed by atoms with Crippen LogP contribution in [0.4, 0.5) is 0 Å². The average Bonchev–Trinajstić information content (AvgIpc) is 3.40. The molecule has 4 aromatic rings. The van der Waals surface area contributed by atoms with Gasteiger partial charge in [-0.3, -0.25) is 24.0 Å². The fourth-order valence-corrected chi connectivity index (χ4v) is 4.86. The number of nitrogens with zero attached hydrogens (tertiary/aromatic N) is 5. The van der Waals surface area contributed by atoms with Gasteiger partial charge in [0, 0.05) is 56.9 Å². The van der Waals surface area contributed by atoms with Crippen LogP contribution in [0.15, 0.2) is 40.1 Å². The van der Waals surface area contributed by atoms with E-state index in [0.29, 0.717) is 43.8 Å². The van der Waals surface area contributed by atoms with Gasteiger partial charge in [-0.2, -0.15) is 0 Å². The van der Waals surface area contributed by atoms with Gasteiger partial charge >= 0.3 is 5.69 Å². The number of para-hydroxylation sites is 1. The molecule has 10 heteroatoms. The third-order valence-corrected chi connectivity index (χ3v) is 6.95. The second-order valence-corrected chi connectivity index (χ2v) is 9.22. The number of amides is 1. The lowest BCUT2D eigenvalue weighted by Gasteiger charge is -2.34. The van der Waals surface area contributed by atoms with Gasteiger partial charge in [-0.25, -0.2) is 9.78 Å². The van der Waals surface area contributed by atoms with Crippen molar-refractivity contribution in [2.45, 2.75) is 39.3 Å². The van der Waals surface area contributed by atoms with Crippen molar-refractivity contribution in [1.82, 2.24) is 33.9 Å². The van der Waals surface area contributed by atoms with Gasteiger partial charge in [0.25, 0.3) is 5.56 Å². The van der Waals surface area contributed by atoms with Crippen LogP contribution in [0, 0.1) is 0 Å². The first-order valence-electron chi connectivity index (χ1n) is 12.2. The summed E-state index contributed by atoms with van der Waals surface area (Å²) in [5.41, 5.74) is 2.10. The number of rotatable bonds is 7. The van der Waals surface area contributed by atoms with Crippen LogP contribution in [0.3, 0.4) is 0 Å². The van der Waals surface area contributed by atoms with Crippen molar-refractivity contribution < 1.29 is 4.79 Å². The molecule has 1 aliphatic rings. The van der Waals surface area contributed by atoms with E-state index in [0.717, 1.165) is 48.2 Å². The highest BCUT2D eigenvalue weighted by Crippen LogP contribution is 2.19. The number of imidazole rings is 1. The van der Waals surface area contributed by atoms with E-state index in [2.05, 4.69) is 21.8 Å². The number of aryl methyl sites for hydroxylation is 2. The number of piperazine rings is 1. The van der Waals surface area contributed by atoms with Gasteiger partial charge < -0.3 is 14.5 Å². The van der Waals surface area contributed by atoms with Crippen molar-refractivity contribution in [2.75, 3.05) is 26.2 Å². The smallest absolute Gasteiger partial charge is 0.330 e. The van der Waals surface area contributed by atoms with E-state index < -0.39 is 11.2 Å². The summed E-state index contributed by atoms with van der Waals surface area (Å²) in [4.78, 5) is 52.3. The molecule has 1 aliphatic heterocycles. The minimum atomic E-state index is -0.414. The summed E-state index contributed by atoms with van der Waals surface area (Å²) >= 11 is 0. The van der Waals surface area contributed by atoms with E-state index in [-0.39, 0.29) is 5.91 Å². The highest BCUT2D eigenvalue weighted by molar-refractivity contribution is 5.88. The number of carbonyl (C=O) groups excluding carboxylic acids is 1. The highest BCUT2D eigenvalue weighted by Gasteiger charge is 2.24. The van der Waals surface area contributed by atoms with Gasteiger partial charge in [0.15, 0.2) is 11.2 Å². The van der Waals surface area contributed by atoms with Crippen molar-refractivity contribution in [3.8, 4) is 0 Å². The maximum absolute atomic E-state index is 12.9. The number of carbonyl (C=O) groups is 1. The lowest BCUT2D eigenvalue weighted by molar-refractivity contribution is -0.132. The van der Waals surface area contributed by atoms with Crippen LogP contribution < -0.4 is 11.2 Å². The molecule has 4 heterocycles. The standard InChI is InChI=1S/C25H31N7O3/c1-3-4-9-32-23-22(24(34)28-25(32)35)29(2)20(27-23)16-30-10-12-31(13-11-30)21(33)14-17-15-26-19-8-6-5-7-18(17)19/h5-8,15,26H,3-4,9-14,16H2,1-2H3,(H,28,34,35). The first-order chi connectivity index (χ1) is 17.0. The van der Waals surface area contributed by atoms with Crippen molar-refractivity contribution in [3.05, 3.63) is 62.7 Å². The maximum Gasteiger partial charge on any atom is 0.330 e. The number of aromatic nitrogens is 5. The van der Waals surface area contributed by atoms with E-state index in [9.17, 15) is 14.4 Å². The second kappa shape index (κ2) is 9.53. The molecule has 1 fully saturated rings. The number of hydrogen-bond acceptors (Lipinski definition) is 5.